The zero-order valence-electron chi connectivity index (χ0n) is 10.2. The third kappa shape index (κ3) is 2.61. The van der Waals surface area contributed by atoms with Gasteiger partial charge in [0, 0.05) is 5.56 Å². The number of allylic oxidation sites excluding steroid dienone is 1. The van der Waals surface area contributed by atoms with Gasteiger partial charge < -0.3 is 15.3 Å². The van der Waals surface area contributed by atoms with Crippen molar-refractivity contribution < 1.29 is 24.5 Å². The largest absolute Gasteiger partial charge is 0.504 e. The minimum absolute atomic E-state index is 0.187. The molecular weight excluding hydrogens is 263 g/mol. The molecule has 0 bridgehead atoms. The first-order chi connectivity index (χ1) is 9.50. The molecule has 0 saturated heterocycles. The van der Waals surface area contributed by atoms with E-state index in [1.807, 2.05) is 0 Å². The quantitative estimate of drug-likeness (QED) is 0.457. The summed E-state index contributed by atoms with van der Waals surface area (Å²) in [5.41, 5.74) is 0.0382. The average molecular weight is 274 g/mol. The molecule has 4 nitrogen and oxygen atoms in total. The number of phenols is 3. The number of benzene rings is 2. The Hall–Kier alpha value is -2.82. The fourth-order valence-corrected chi connectivity index (χ4v) is 1.63. The zero-order chi connectivity index (χ0) is 14.7. The second kappa shape index (κ2) is 5.44. The van der Waals surface area contributed by atoms with Gasteiger partial charge in [-0.2, -0.15) is 0 Å². The summed E-state index contributed by atoms with van der Waals surface area (Å²) >= 11 is 0. The topological polar surface area (TPSA) is 77.8 Å². The number of carbonyl (C=O) groups excluding carboxylic acids is 1. The van der Waals surface area contributed by atoms with E-state index in [9.17, 15) is 19.4 Å². The molecule has 0 spiro atoms. The second-order valence-electron chi connectivity index (χ2n) is 4.05. The van der Waals surface area contributed by atoms with Gasteiger partial charge in [0.25, 0.3) is 0 Å². The summed E-state index contributed by atoms with van der Waals surface area (Å²) in [4.78, 5) is 11.9. The summed E-state index contributed by atoms with van der Waals surface area (Å²) in [5.74, 6) is -3.11. The highest BCUT2D eigenvalue weighted by Gasteiger charge is 2.15. The summed E-state index contributed by atoms with van der Waals surface area (Å²) in [6.45, 7) is 0. The number of carbonyl (C=O) groups is 1. The van der Waals surface area contributed by atoms with Gasteiger partial charge in [-0.25, -0.2) is 4.39 Å². The summed E-state index contributed by atoms with van der Waals surface area (Å²) in [7, 11) is 0. The molecule has 0 amide bonds. The van der Waals surface area contributed by atoms with Crippen LogP contribution in [-0.2, 0) is 0 Å². The first kappa shape index (κ1) is 13.6. The van der Waals surface area contributed by atoms with E-state index in [1.54, 1.807) is 6.07 Å². The van der Waals surface area contributed by atoms with E-state index in [0.29, 0.717) is 0 Å². The number of phenolic OH excluding ortho intramolecular Hbond substituents is 3. The predicted octanol–water partition coefficient (Wildman–Crippen LogP) is 2.84. The minimum atomic E-state index is -0.768. The van der Waals surface area contributed by atoms with E-state index in [0.717, 1.165) is 12.1 Å². The van der Waals surface area contributed by atoms with E-state index in [1.165, 1.54) is 30.3 Å². The lowest BCUT2D eigenvalue weighted by atomic mass is 10.1. The highest BCUT2D eigenvalue weighted by atomic mass is 19.1. The Morgan fingerprint density at radius 1 is 1.00 bits per heavy atom. The number of hydrogen-bond donors (Lipinski definition) is 3. The molecule has 2 aromatic rings. The maximum absolute atomic E-state index is 13.4. The maximum atomic E-state index is 13.4. The molecule has 0 unspecified atom stereocenters. The van der Waals surface area contributed by atoms with Gasteiger partial charge in [0.15, 0.2) is 17.3 Å². The van der Waals surface area contributed by atoms with Crippen LogP contribution in [0.5, 0.6) is 17.2 Å². The molecule has 102 valence electrons. The lowest BCUT2D eigenvalue weighted by Gasteiger charge is -2.04. The van der Waals surface area contributed by atoms with E-state index in [2.05, 4.69) is 0 Å². The van der Waals surface area contributed by atoms with Gasteiger partial charge in [-0.1, -0.05) is 18.2 Å². The van der Waals surface area contributed by atoms with Gasteiger partial charge >= 0.3 is 0 Å². The maximum Gasteiger partial charge on any atom is 0.201 e. The van der Waals surface area contributed by atoms with Crippen LogP contribution in [-0.4, -0.2) is 21.1 Å². The van der Waals surface area contributed by atoms with Gasteiger partial charge in [0.2, 0.25) is 5.75 Å². The van der Waals surface area contributed by atoms with E-state index in [-0.39, 0.29) is 11.1 Å². The number of ketones is 1. The first-order valence-corrected chi connectivity index (χ1v) is 5.71. The standard InChI is InChI=1S/C15H11FO4/c16-11-4-2-1-3-9(11)5-7-12(17)10-6-8-13(18)15(20)14(10)19/h1-8,18-20H/b7-5+. The summed E-state index contributed by atoms with van der Waals surface area (Å²) in [6.07, 6.45) is 2.34. The lowest BCUT2D eigenvalue weighted by molar-refractivity contribution is 0.104. The SMILES string of the molecule is O=C(/C=C/c1ccccc1F)c1ccc(O)c(O)c1O. The Morgan fingerprint density at radius 2 is 1.70 bits per heavy atom. The summed E-state index contributed by atoms with van der Waals surface area (Å²) in [6, 6.07) is 8.15. The van der Waals surface area contributed by atoms with Crippen molar-refractivity contribution in [1.82, 2.24) is 0 Å². The van der Waals surface area contributed by atoms with Crippen molar-refractivity contribution in [3.63, 3.8) is 0 Å². The van der Waals surface area contributed by atoms with Crippen LogP contribution in [0.1, 0.15) is 15.9 Å². The van der Waals surface area contributed by atoms with Gasteiger partial charge in [0.05, 0.1) is 5.56 Å². The molecule has 0 heterocycles. The van der Waals surface area contributed by atoms with Crippen molar-refractivity contribution in [2.24, 2.45) is 0 Å². The van der Waals surface area contributed by atoms with Crippen LogP contribution in [0.4, 0.5) is 4.39 Å². The fraction of sp³-hybridized carbons (Fsp3) is 0. The molecule has 0 aliphatic rings. The molecule has 2 rings (SSSR count). The van der Waals surface area contributed by atoms with Crippen molar-refractivity contribution >= 4 is 11.9 Å². The highest BCUT2D eigenvalue weighted by Crippen LogP contribution is 2.37. The molecule has 0 aliphatic carbocycles. The number of rotatable bonds is 3. The molecule has 5 heteroatoms. The van der Waals surface area contributed by atoms with Crippen molar-refractivity contribution in [2.75, 3.05) is 0 Å². The summed E-state index contributed by atoms with van der Waals surface area (Å²) < 4.78 is 13.4. The van der Waals surface area contributed by atoms with Gasteiger partial charge in [-0.05, 0) is 30.4 Å². The highest BCUT2D eigenvalue weighted by molar-refractivity contribution is 6.09. The fourth-order valence-electron chi connectivity index (χ4n) is 1.63. The normalized spacial score (nSPS) is 10.8. The molecule has 2 aromatic carbocycles. The molecule has 0 saturated carbocycles. The van der Waals surface area contributed by atoms with Gasteiger partial charge in [-0.3, -0.25) is 4.79 Å². The monoisotopic (exact) mass is 274 g/mol. The lowest BCUT2D eigenvalue weighted by Crippen LogP contribution is -1.95. The Bertz CT molecular complexity index is 692. The Morgan fingerprint density at radius 3 is 2.40 bits per heavy atom. The third-order valence-corrected chi connectivity index (χ3v) is 2.71. The number of halogens is 1. The van der Waals surface area contributed by atoms with Crippen LogP contribution in [0.2, 0.25) is 0 Å². The van der Waals surface area contributed by atoms with Crippen LogP contribution in [0.25, 0.3) is 6.08 Å². The second-order valence-corrected chi connectivity index (χ2v) is 4.05. The predicted molar refractivity (Wildman–Crippen MR) is 71.2 cm³/mol. The minimum Gasteiger partial charge on any atom is -0.504 e. The van der Waals surface area contributed by atoms with Gasteiger partial charge in [-0.15, -0.1) is 0 Å². The van der Waals surface area contributed by atoms with Crippen LogP contribution < -0.4 is 0 Å². The van der Waals surface area contributed by atoms with E-state index >= 15 is 0 Å². The van der Waals surface area contributed by atoms with Crippen molar-refractivity contribution in [3.8, 4) is 17.2 Å². The average Bonchev–Trinajstić information content (AvgIpc) is 2.44. The van der Waals surface area contributed by atoms with E-state index in [4.69, 9.17) is 5.11 Å². The van der Waals surface area contributed by atoms with Crippen molar-refractivity contribution in [2.45, 2.75) is 0 Å². The molecule has 0 fully saturated rings. The molecule has 0 radical (unpaired) electrons. The zero-order valence-corrected chi connectivity index (χ0v) is 10.2. The van der Waals surface area contributed by atoms with Crippen LogP contribution in [0.15, 0.2) is 42.5 Å². The molecule has 3 N–H and O–H groups in total. The van der Waals surface area contributed by atoms with Crippen LogP contribution in [0.3, 0.4) is 0 Å². The number of hydrogen-bond acceptors (Lipinski definition) is 4. The smallest absolute Gasteiger partial charge is 0.201 e. The Kier molecular flexibility index (Phi) is 3.70. The molecule has 0 atom stereocenters. The first-order valence-electron chi connectivity index (χ1n) is 5.71. The molecule has 0 aliphatic heterocycles. The third-order valence-electron chi connectivity index (χ3n) is 2.71. The van der Waals surface area contributed by atoms with Crippen molar-refractivity contribution in [1.29, 1.82) is 0 Å². The van der Waals surface area contributed by atoms with Crippen molar-refractivity contribution in [3.05, 3.63) is 59.4 Å². The van der Waals surface area contributed by atoms with Crippen LogP contribution in [0, 0.1) is 5.82 Å². The number of aromatic hydroxyl groups is 3. The Balaban J connectivity index is 2.30. The van der Waals surface area contributed by atoms with Crippen LogP contribution >= 0.6 is 0 Å². The summed E-state index contributed by atoms with van der Waals surface area (Å²) in [5, 5.41) is 28.1. The molecular formula is C15H11FO4. The molecule has 0 aromatic heterocycles. The molecule has 20 heavy (non-hydrogen) atoms. The van der Waals surface area contributed by atoms with Gasteiger partial charge in [0.1, 0.15) is 5.82 Å². The Labute approximate surface area is 114 Å². The van der Waals surface area contributed by atoms with E-state index < -0.39 is 28.8 Å².